The number of aromatic nitrogens is 2. The number of hydrogen-bond donors (Lipinski definition) is 0. The van der Waals surface area contributed by atoms with Crippen molar-refractivity contribution in [2.45, 2.75) is 32.8 Å². The van der Waals surface area contributed by atoms with Crippen molar-refractivity contribution in [1.29, 1.82) is 0 Å². The quantitative estimate of drug-likeness (QED) is 0.769. The van der Waals surface area contributed by atoms with Crippen LogP contribution in [0.15, 0.2) is 12.4 Å². The highest BCUT2D eigenvalue weighted by Gasteiger charge is 2.34. The Kier molecular flexibility index (Phi) is 5.68. The first-order valence-corrected chi connectivity index (χ1v) is 8.39. The normalized spacial score (nSPS) is 18.7. The number of alkyl halides is 1. The maximum absolute atomic E-state index is 12.6. The lowest BCUT2D eigenvalue weighted by Crippen LogP contribution is -2.49. The summed E-state index contributed by atoms with van der Waals surface area (Å²) in [5.74, 6) is 1.58. The van der Waals surface area contributed by atoms with Gasteiger partial charge < -0.3 is 14.5 Å². The number of nitrogens with zero attached hydrogens (tertiary/aromatic N) is 4. The summed E-state index contributed by atoms with van der Waals surface area (Å²) in [6.45, 7) is 5.06. The van der Waals surface area contributed by atoms with Crippen LogP contribution in [0.3, 0.4) is 0 Å². The van der Waals surface area contributed by atoms with Gasteiger partial charge in [-0.15, -0.1) is 11.6 Å². The molecule has 0 aliphatic carbocycles. The summed E-state index contributed by atoms with van der Waals surface area (Å²) in [6, 6.07) is 0. The van der Waals surface area contributed by atoms with Crippen LogP contribution in [0, 0.1) is 5.41 Å². The fourth-order valence-corrected chi connectivity index (χ4v) is 2.68. The lowest BCUT2D eigenvalue weighted by molar-refractivity contribution is -0.141. The molecule has 1 saturated heterocycles. The van der Waals surface area contributed by atoms with Crippen LogP contribution in [-0.4, -0.2) is 59.9 Å². The zero-order chi connectivity index (χ0) is 17.0. The fraction of sp³-hybridized carbons (Fsp3) is 0.688. The van der Waals surface area contributed by atoms with Crippen LogP contribution in [0.2, 0.25) is 0 Å². The van der Waals surface area contributed by atoms with Crippen LogP contribution in [0.1, 0.15) is 26.7 Å². The van der Waals surface area contributed by atoms with Crippen molar-refractivity contribution in [2.75, 3.05) is 38.0 Å². The molecule has 7 heteroatoms. The van der Waals surface area contributed by atoms with Gasteiger partial charge in [-0.3, -0.25) is 4.79 Å². The summed E-state index contributed by atoms with van der Waals surface area (Å²) in [7, 11) is 3.80. The minimum absolute atomic E-state index is 0.0748. The number of carbonyl (C=O) groups excluding carboxylic acids is 1. The number of piperidine rings is 1. The van der Waals surface area contributed by atoms with E-state index < -0.39 is 5.41 Å². The number of likely N-dealkylation sites (tertiary alicyclic amines) is 1. The molecule has 1 atom stereocenters. The van der Waals surface area contributed by atoms with E-state index in [9.17, 15) is 4.79 Å². The standard InChI is InChI=1S/C16H25ClN4O2/c1-16(2,11-17)15(22)21-9-5-6-12(10-21)23-14-13(20(3)4)18-7-8-19-14/h7-8,12H,5-6,9-11H2,1-4H3. The van der Waals surface area contributed by atoms with Gasteiger partial charge in [0.15, 0.2) is 5.82 Å². The maximum Gasteiger partial charge on any atom is 0.257 e. The van der Waals surface area contributed by atoms with Crippen molar-refractivity contribution in [1.82, 2.24) is 14.9 Å². The number of halogens is 1. The van der Waals surface area contributed by atoms with Crippen molar-refractivity contribution in [3.05, 3.63) is 12.4 Å². The molecule has 1 aromatic rings. The van der Waals surface area contributed by atoms with E-state index in [2.05, 4.69) is 9.97 Å². The van der Waals surface area contributed by atoms with E-state index in [0.29, 0.717) is 24.1 Å². The van der Waals surface area contributed by atoms with Gasteiger partial charge in [0.25, 0.3) is 5.88 Å². The van der Waals surface area contributed by atoms with Gasteiger partial charge in [0.2, 0.25) is 5.91 Å². The molecule has 2 rings (SSSR count). The van der Waals surface area contributed by atoms with Gasteiger partial charge in [0.05, 0.1) is 12.0 Å². The fourth-order valence-electron chi connectivity index (χ4n) is 2.57. The van der Waals surface area contributed by atoms with Crippen LogP contribution in [-0.2, 0) is 4.79 Å². The predicted molar refractivity (Wildman–Crippen MR) is 91.1 cm³/mol. The first-order chi connectivity index (χ1) is 10.8. The first kappa shape index (κ1) is 17.8. The molecule has 23 heavy (non-hydrogen) atoms. The molecule has 6 nitrogen and oxygen atoms in total. The van der Waals surface area contributed by atoms with Gasteiger partial charge in [-0.1, -0.05) is 0 Å². The Balaban J connectivity index is 2.07. The van der Waals surface area contributed by atoms with Crippen LogP contribution in [0.5, 0.6) is 5.88 Å². The van der Waals surface area contributed by atoms with Crippen molar-refractivity contribution < 1.29 is 9.53 Å². The highest BCUT2D eigenvalue weighted by atomic mass is 35.5. The second kappa shape index (κ2) is 7.34. The third-order valence-electron chi connectivity index (χ3n) is 3.93. The molecular weight excluding hydrogens is 316 g/mol. The summed E-state index contributed by atoms with van der Waals surface area (Å²) >= 11 is 5.93. The van der Waals surface area contributed by atoms with Crippen molar-refractivity contribution >= 4 is 23.3 Å². The smallest absolute Gasteiger partial charge is 0.257 e. The molecule has 0 spiro atoms. The monoisotopic (exact) mass is 340 g/mol. The van der Waals surface area contributed by atoms with Gasteiger partial charge in [-0.05, 0) is 26.7 Å². The highest BCUT2D eigenvalue weighted by Crippen LogP contribution is 2.27. The molecule has 1 fully saturated rings. The molecule has 2 heterocycles. The molecule has 1 aromatic heterocycles. The van der Waals surface area contributed by atoms with Crippen molar-refractivity contribution in [3.8, 4) is 5.88 Å². The van der Waals surface area contributed by atoms with E-state index in [-0.39, 0.29) is 12.0 Å². The van der Waals surface area contributed by atoms with E-state index in [0.717, 1.165) is 19.4 Å². The van der Waals surface area contributed by atoms with Gasteiger partial charge in [0.1, 0.15) is 6.10 Å². The van der Waals surface area contributed by atoms with Gasteiger partial charge >= 0.3 is 0 Å². The minimum atomic E-state index is -0.551. The highest BCUT2D eigenvalue weighted by molar-refractivity contribution is 6.19. The molecule has 0 bridgehead atoms. The molecule has 0 aromatic carbocycles. The molecule has 0 radical (unpaired) electrons. The van der Waals surface area contributed by atoms with E-state index in [1.807, 2.05) is 37.7 Å². The summed E-state index contributed by atoms with van der Waals surface area (Å²) in [4.78, 5) is 24.9. The van der Waals surface area contributed by atoms with E-state index >= 15 is 0 Å². The molecule has 128 valence electrons. The number of rotatable bonds is 5. The van der Waals surface area contributed by atoms with E-state index in [1.54, 1.807) is 12.4 Å². The summed E-state index contributed by atoms with van der Waals surface area (Å²) < 4.78 is 6.03. The number of anilines is 1. The van der Waals surface area contributed by atoms with E-state index in [4.69, 9.17) is 16.3 Å². The van der Waals surface area contributed by atoms with Crippen LogP contribution < -0.4 is 9.64 Å². The lowest BCUT2D eigenvalue weighted by atomic mass is 9.93. The molecule has 0 N–H and O–H groups in total. The third-order valence-corrected chi connectivity index (χ3v) is 4.60. The van der Waals surface area contributed by atoms with E-state index in [1.165, 1.54) is 0 Å². The van der Waals surface area contributed by atoms with Crippen molar-refractivity contribution in [2.24, 2.45) is 5.41 Å². The Labute approximate surface area is 142 Å². The Morgan fingerprint density at radius 1 is 1.43 bits per heavy atom. The van der Waals surface area contributed by atoms with Gasteiger partial charge in [-0.2, -0.15) is 0 Å². The van der Waals surface area contributed by atoms with Crippen molar-refractivity contribution in [3.63, 3.8) is 0 Å². The molecular formula is C16H25ClN4O2. The summed E-state index contributed by atoms with van der Waals surface area (Å²) in [5, 5.41) is 0. The topological polar surface area (TPSA) is 58.6 Å². The third kappa shape index (κ3) is 4.25. The second-order valence-corrected chi connectivity index (χ2v) is 7.00. The SMILES string of the molecule is CN(C)c1nccnc1OC1CCCN(C(=O)C(C)(C)CCl)C1. The second-order valence-electron chi connectivity index (χ2n) is 6.73. The number of ether oxygens (including phenoxy) is 1. The zero-order valence-electron chi connectivity index (χ0n) is 14.3. The molecule has 1 amide bonds. The molecule has 0 saturated carbocycles. The minimum Gasteiger partial charge on any atom is -0.470 e. The van der Waals surface area contributed by atoms with Crippen LogP contribution >= 0.6 is 11.6 Å². The largest absolute Gasteiger partial charge is 0.470 e. The Hall–Kier alpha value is -1.56. The zero-order valence-corrected chi connectivity index (χ0v) is 15.0. The molecule has 1 unspecified atom stereocenters. The van der Waals surface area contributed by atoms with Gasteiger partial charge in [-0.25, -0.2) is 9.97 Å². The summed E-state index contributed by atoms with van der Waals surface area (Å²) in [6.07, 6.45) is 4.99. The predicted octanol–water partition coefficient (Wildman–Crippen LogP) is 2.18. The average molecular weight is 341 g/mol. The average Bonchev–Trinajstić information content (AvgIpc) is 2.54. The molecule has 1 aliphatic rings. The maximum atomic E-state index is 12.6. The summed E-state index contributed by atoms with van der Waals surface area (Å²) in [5.41, 5.74) is -0.551. The number of hydrogen-bond acceptors (Lipinski definition) is 5. The Morgan fingerprint density at radius 3 is 2.78 bits per heavy atom. The Bertz CT molecular complexity index is 551. The molecule has 1 aliphatic heterocycles. The number of carbonyl (C=O) groups is 1. The van der Waals surface area contributed by atoms with Crippen LogP contribution in [0.25, 0.3) is 0 Å². The lowest BCUT2D eigenvalue weighted by Gasteiger charge is -2.37. The van der Waals surface area contributed by atoms with Gasteiger partial charge in [0, 0.05) is 38.9 Å². The number of amides is 1. The first-order valence-electron chi connectivity index (χ1n) is 7.85. The van der Waals surface area contributed by atoms with Crippen LogP contribution in [0.4, 0.5) is 5.82 Å². The Morgan fingerprint density at radius 2 is 2.13 bits per heavy atom.